The van der Waals surface area contributed by atoms with E-state index in [0.717, 1.165) is 22.7 Å². The van der Waals surface area contributed by atoms with E-state index in [4.69, 9.17) is 0 Å². The van der Waals surface area contributed by atoms with E-state index >= 15 is 0 Å². The molecule has 0 N–H and O–H groups in total. The lowest BCUT2D eigenvalue weighted by Gasteiger charge is -2.35. The summed E-state index contributed by atoms with van der Waals surface area (Å²) in [5.74, 6) is 0. The van der Waals surface area contributed by atoms with Crippen molar-refractivity contribution in [2.75, 3.05) is 4.90 Å². The summed E-state index contributed by atoms with van der Waals surface area (Å²) in [5, 5.41) is 2.45. The normalized spacial score (nSPS) is 12.7. The molecular formula is C57H42N2. The Kier molecular flexibility index (Phi) is 8.20. The molecule has 0 spiro atoms. The Hall–Kier alpha value is -7.42. The third kappa shape index (κ3) is 5.41. The molecule has 1 heterocycles. The molecule has 280 valence electrons. The Morgan fingerprint density at radius 1 is 0.356 bits per heavy atom. The summed E-state index contributed by atoms with van der Waals surface area (Å²) in [7, 11) is 0. The second kappa shape index (κ2) is 13.9. The van der Waals surface area contributed by atoms with Crippen LogP contribution in [-0.4, -0.2) is 4.57 Å². The molecule has 0 atom stereocenters. The van der Waals surface area contributed by atoms with E-state index in [0.29, 0.717) is 0 Å². The molecule has 0 fully saturated rings. The number of hydrogen-bond donors (Lipinski definition) is 0. The van der Waals surface area contributed by atoms with E-state index in [9.17, 15) is 0 Å². The van der Waals surface area contributed by atoms with Crippen molar-refractivity contribution in [3.05, 3.63) is 252 Å². The Bertz CT molecular complexity index is 3140. The molecule has 0 radical (unpaired) electrons. The van der Waals surface area contributed by atoms with Crippen LogP contribution in [-0.2, 0) is 5.41 Å². The van der Waals surface area contributed by atoms with Gasteiger partial charge in [-0.05, 0) is 130 Å². The van der Waals surface area contributed by atoms with Gasteiger partial charge in [0.25, 0.3) is 0 Å². The van der Waals surface area contributed by atoms with Gasteiger partial charge in [-0.25, -0.2) is 0 Å². The summed E-state index contributed by atoms with van der Waals surface area (Å²) in [6, 6.07) is 80.4. The smallest absolute Gasteiger partial charge is 0.0714 e. The zero-order valence-electron chi connectivity index (χ0n) is 33.2. The maximum atomic E-state index is 2.47. The zero-order valence-corrected chi connectivity index (χ0v) is 33.2. The van der Waals surface area contributed by atoms with E-state index in [1.54, 1.807) is 0 Å². The number of nitrogens with zero attached hydrogens (tertiary/aromatic N) is 2. The fraction of sp³-hybridized carbons (Fsp3) is 0.0526. The molecule has 1 aliphatic carbocycles. The number of aryl methyl sites for hydroxylation is 2. The molecule has 0 saturated heterocycles. The molecule has 2 heteroatoms. The van der Waals surface area contributed by atoms with Crippen LogP contribution in [0.2, 0.25) is 0 Å². The van der Waals surface area contributed by atoms with Crippen molar-refractivity contribution in [2.24, 2.45) is 0 Å². The highest BCUT2D eigenvalue weighted by atomic mass is 15.1. The molecular weight excluding hydrogens is 713 g/mol. The van der Waals surface area contributed by atoms with Crippen molar-refractivity contribution in [1.82, 2.24) is 4.57 Å². The molecule has 0 bridgehead atoms. The Balaban J connectivity index is 1.18. The van der Waals surface area contributed by atoms with Crippen LogP contribution < -0.4 is 4.90 Å². The third-order valence-electron chi connectivity index (χ3n) is 12.5. The molecule has 0 unspecified atom stereocenters. The van der Waals surface area contributed by atoms with Gasteiger partial charge in [0.05, 0.1) is 16.4 Å². The Morgan fingerprint density at radius 2 is 0.864 bits per heavy atom. The standard InChI is InChI=1S/C57H42N2/c1-39-18-12-13-25-47(39)48-33-30-44(36-40(48)2)58(45-32-35-56-52(37-45)51-27-15-17-29-55(51)59(56)43-23-10-5-11-24-43)46-31-34-50-49-26-14-16-28-53(49)57(54(50)38-46,41-19-6-3-7-20-41)42-21-8-4-9-22-42/h3-38H,1-2H3. The van der Waals surface area contributed by atoms with Crippen LogP contribution in [0.3, 0.4) is 0 Å². The van der Waals surface area contributed by atoms with Crippen molar-refractivity contribution < 1.29 is 0 Å². The molecule has 0 saturated carbocycles. The van der Waals surface area contributed by atoms with Crippen LogP contribution in [0.25, 0.3) is 49.7 Å². The monoisotopic (exact) mass is 754 g/mol. The van der Waals surface area contributed by atoms with Gasteiger partial charge in [0.15, 0.2) is 0 Å². The number of rotatable bonds is 7. The van der Waals surface area contributed by atoms with Gasteiger partial charge < -0.3 is 9.47 Å². The number of hydrogen-bond acceptors (Lipinski definition) is 1. The van der Waals surface area contributed by atoms with Gasteiger partial charge >= 0.3 is 0 Å². The molecule has 1 aromatic heterocycles. The van der Waals surface area contributed by atoms with Gasteiger partial charge in [-0.15, -0.1) is 0 Å². The average molecular weight is 755 g/mol. The minimum atomic E-state index is -0.506. The van der Waals surface area contributed by atoms with E-state index in [1.165, 1.54) is 77.4 Å². The first-order chi connectivity index (χ1) is 29.1. The number of aromatic nitrogens is 1. The molecule has 2 nitrogen and oxygen atoms in total. The summed E-state index contributed by atoms with van der Waals surface area (Å²) in [5.41, 5.74) is 19.1. The maximum Gasteiger partial charge on any atom is 0.0714 e. The van der Waals surface area contributed by atoms with Gasteiger partial charge in [-0.2, -0.15) is 0 Å². The van der Waals surface area contributed by atoms with Crippen LogP contribution in [0.5, 0.6) is 0 Å². The number of anilines is 3. The molecule has 1 aliphatic rings. The third-order valence-corrected chi connectivity index (χ3v) is 12.5. The molecule has 0 amide bonds. The van der Waals surface area contributed by atoms with Crippen molar-refractivity contribution in [3.63, 3.8) is 0 Å². The highest BCUT2D eigenvalue weighted by Gasteiger charge is 2.46. The van der Waals surface area contributed by atoms with Crippen LogP contribution in [0.15, 0.2) is 218 Å². The largest absolute Gasteiger partial charge is 0.310 e. The quantitative estimate of drug-likeness (QED) is 0.157. The number of fused-ring (bicyclic) bond motifs is 6. The fourth-order valence-corrected chi connectivity index (χ4v) is 9.94. The number of benzene rings is 9. The summed E-state index contributed by atoms with van der Waals surface area (Å²) >= 11 is 0. The average Bonchev–Trinajstić information content (AvgIpc) is 3.78. The van der Waals surface area contributed by atoms with E-state index in [1.807, 2.05) is 0 Å². The maximum absolute atomic E-state index is 2.47. The van der Waals surface area contributed by atoms with Crippen LogP contribution >= 0.6 is 0 Å². The van der Waals surface area contributed by atoms with Gasteiger partial charge in [0.1, 0.15) is 0 Å². The summed E-state index contributed by atoms with van der Waals surface area (Å²) in [6.07, 6.45) is 0. The lowest BCUT2D eigenvalue weighted by atomic mass is 9.67. The molecule has 9 aromatic carbocycles. The van der Waals surface area contributed by atoms with E-state index < -0.39 is 5.41 Å². The lowest BCUT2D eigenvalue weighted by molar-refractivity contribution is 0.768. The van der Waals surface area contributed by atoms with E-state index in [-0.39, 0.29) is 0 Å². The van der Waals surface area contributed by atoms with Crippen molar-refractivity contribution in [3.8, 4) is 27.9 Å². The van der Waals surface area contributed by atoms with Gasteiger partial charge in [0, 0.05) is 33.5 Å². The molecule has 11 rings (SSSR count). The molecule has 10 aromatic rings. The van der Waals surface area contributed by atoms with Gasteiger partial charge in [0.2, 0.25) is 0 Å². The molecule has 0 aliphatic heterocycles. The van der Waals surface area contributed by atoms with Crippen LogP contribution in [0, 0.1) is 13.8 Å². The fourth-order valence-electron chi connectivity index (χ4n) is 9.94. The van der Waals surface area contributed by atoms with Gasteiger partial charge in [-0.3, -0.25) is 0 Å². The predicted octanol–water partition coefficient (Wildman–Crippen LogP) is 14.9. The molecule has 59 heavy (non-hydrogen) atoms. The number of para-hydroxylation sites is 2. The second-order valence-corrected chi connectivity index (χ2v) is 15.8. The minimum Gasteiger partial charge on any atom is -0.310 e. The first kappa shape index (κ1) is 34.8. The highest BCUT2D eigenvalue weighted by molar-refractivity contribution is 6.10. The van der Waals surface area contributed by atoms with Crippen LogP contribution in [0.1, 0.15) is 33.4 Å². The SMILES string of the molecule is Cc1ccccc1-c1ccc(N(c2ccc3c(c2)C(c2ccccc2)(c2ccccc2)c2ccccc2-3)c2ccc3c(c2)c2ccccc2n3-c2ccccc2)cc1C. The zero-order chi connectivity index (χ0) is 39.5. The van der Waals surface area contributed by atoms with Crippen molar-refractivity contribution in [2.45, 2.75) is 19.3 Å². The topological polar surface area (TPSA) is 8.17 Å². The van der Waals surface area contributed by atoms with Crippen LogP contribution in [0.4, 0.5) is 17.1 Å². The predicted molar refractivity (Wildman–Crippen MR) is 248 cm³/mol. The summed E-state index contributed by atoms with van der Waals surface area (Å²) < 4.78 is 2.39. The first-order valence-corrected chi connectivity index (χ1v) is 20.5. The Morgan fingerprint density at radius 3 is 1.58 bits per heavy atom. The highest BCUT2D eigenvalue weighted by Crippen LogP contribution is 2.57. The summed E-state index contributed by atoms with van der Waals surface area (Å²) in [4.78, 5) is 2.46. The minimum absolute atomic E-state index is 0.506. The second-order valence-electron chi connectivity index (χ2n) is 15.8. The lowest BCUT2D eigenvalue weighted by Crippen LogP contribution is -2.28. The Labute approximate surface area is 345 Å². The van der Waals surface area contributed by atoms with Crippen molar-refractivity contribution >= 4 is 38.9 Å². The summed E-state index contributed by atoms with van der Waals surface area (Å²) in [6.45, 7) is 4.44. The van der Waals surface area contributed by atoms with Gasteiger partial charge in [-0.1, -0.05) is 158 Å². The first-order valence-electron chi connectivity index (χ1n) is 20.5. The van der Waals surface area contributed by atoms with E-state index in [2.05, 4.69) is 242 Å². The van der Waals surface area contributed by atoms with Crippen molar-refractivity contribution in [1.29, 1.82) is 0 Å².